The minimum absolute atomic E-state index is 0.239. The number of halogens is 1. The van der Waals surface area contributed by atoms with E-state index in [2.05, 4.69) is 5.10 Å². The van der Waals surface area contributed by atoms with Gasteiger partial charge in [0.05, 0.1) is 17.4 Å². The van der Waals surface area contributed by atoms with Crippen molar-refractivity contribution < 1.29 is 17.5 Å². The number of benzene rings is 1. The number of aromatic nitrogens is 2. The van der Waals surface area contributed by atoms with Gasteiger partial charge in [0, 0.05) is 13.6 Å². The van der Waals surface area contributed by atoms with Crippen LogP contribution in [0.3, 0.4) is 0 Å². The molecule has 1 aromatic heterocycles. The number of nitrogens with zero attached hydrogens (tertiary/aromatic N) is 3. The highest BCUT2D eigenvalue weighted by Gasteiger charge is 2.38. The Bertz CT molecular complexity index is 862. The van der Waals surface area contributed by atoms with Crippen LogP contribution in [0.25, 0.3) is 0 Å². The van der Waals surface area contributed by atoms with Gasteiger partial charge in [-0.25, -0.2) is 12.8 Å². The molecule has 136 valence electrons. The number of rotatable bonds is 5. The molecule has 2 aromatic rings. The van der Waals surface area contributed by atoms with Crippen LogP contribution < -0.4 is 4.74 Å². The summed E-state index contributed by atoms with van der Waals surface area (Å²) in [5.41, 5.74) is 1.13. The van der Waals surface area contributed by atoms with Gasteiger partial charge in [0.2, 0.25) is 10.0 Å². The summed E-state index contributed by atoms with van der Waals surface area (Å²) >= 11 is 0. The molecule has 0 N–H and O–H groups in total. The first-order valence-corrected chi connectivity index (χ1v) is 9.65. The minimum atomic E-state index is -3.63. The molecule has 8 heteroatoms. The topological polar surface area (TPSA) is 64.4 Å². The van der Waals surface area contributed by atoms with E-state index in [-0.39, 0.29) is 23.4 Å². The molecule has 0 radical (unpaired) electrons. The van der Waals surface area contributed by atoms with E-state index in [1.165, 1.54) is 16.4 Å². The van der Waals surface area contributed by atoms with Crippen molar-refractivity contribution in [3.8, 4) is 5.75 Å². The van der Waals surface area contributed by atoms with Gasteiger partial charge >= 0.3 is 0 Å². The Morgan fingerprint density at radius 3 is 2.56 bits per heavy atom. The second-order valence-corrected chi connectivity index (χ2v) is 8.13. The van der Waals surface area contributed by atoms with Gasteiger partial charge in [-0.3, -0.25) is 4.68 Å². The van der Waals surface area contributed by atoms with Crippen molar-refractivity contribution in [2.75, 3.05) is 13.2 Å². The Kier molecular flexibility index (Phi) is 4.83. The predicted molar refractivity (Wildman–Crippen MR) is 91.5 cm³/mol. The molecular weight excluding hydrogens is 345 g/mol. The monoisotopic (exact) mass is 367 g/mol. The number of aryl methyl sites for hydroxylation is 2. The lowest BCUT2D eigenvalue weighted by Gasteiger charge is -2.24. The Morgan fingerprint density at radius 1 is 1.28 bits per heavy atom. The maximum atomic E-state index is 13.1. The van der Waals surface area contributed by atoms with Gasteiger partial charge in [-0.2, -0.15) is 9.40 Å². The van der Waals surface area contributed by atoms with E-state index in [1.54, 1.807) is 37.7 Å². The zero-order valence-corrected chi connectivity index (χ0v) is 15.4. The molecule has 0 bridgehead atoms. The van der Waals surface area contributed by atoms with Crippen molar-refractivity contribution in [2.45, 2.75) is 37.6 Å². The van der Waals surface area contributed by atoms with Crippen molar-refractivity contribution in [2.24, 2.45) is 7.05 Å². The van der Waals surface area contributed by atoms with Crippen LogP contribution in [-0.2, 0) is 17.1 Å². The summed E-state index contributed by atoms with van der Waals surface area (Å²) in [7, 11) is -1.89. The number of hydrogen-bond acceptors (Lipinski definition) is 4. The van der Waals surface area contributed by atoms with Gasteiger partial charge in [0.15, 0.2) is 0 Å². The van der Waals surface area contributed by atoms with E-state index in [1.807, 2.05) is 0 Å². The second-order valence-electron chi connectivity index (χ2n) is 6.30. The van der Waals surface area contributed by atoms with Crippen LogP contribution in [0.4, 0.5) is 4.39 Å². The summed E-state index contributed by atoms with van der Waals surface area (Å²) in [4.78, 5) is 0.281. The Labute approximate surface area is 147 Å². The highest BCUT2D eigenvalue weighted by Crippen LogP contribution is 2.30. The molecular formula is C17H22FN3O3S. The Hall–Kier alpha value is -1.93. The molecule has 0 amide bonds. The predicted octanol–water partition coefficient (Wildman–Crippen LogP) is 2.41. The van der Waals surface area contributed by atoms with E-state index in [9.17, 15) is 12.8 Å². The number of sulfonamides is 1. The third kappa shape index (κ3) is 3.41. The molecule has 1 atom stereocenters. The smallest absolute Gasteiger partial charge is 0.247 e. The lowest BCUT2D eigenvalue weighted by molar-refractivity contribution is 0.232. The molecule has 0 saturated carbocycles. The molecule has 0 spiro atoms. The van der Waals surface area contributed by atoms with Crippen molar-refractivity contribution in [3.05, 3.63) is 41.5 Å². The summed E-state index contributed by atoms with van der Waals surface area (Å²) in [6, 6.07) is 5.48. The van der Waals surface area contributed by atoms with E-state index in [0.29, 0.717) is 23.7 Å². The van der Waals surface area contributed by atoms with Crippen LogP contribution >= 0.6 is 0 Å². The van der Waals surface area contributed by atoms with Gasteiger partial charge in [0.25, 0.3) is 0 Å². The normalized spacial score (nSPS) is 18.6. The zero-order valence-electron chi connectivity index (χ0n) is 14.6. The standard InChI is InChI=1S/C17H22FN3O3S/c1-12-17(13(2)20(3)19-12)25(22,23)21-10-4-5-15(21)11-24-16-8-6-14(18)7-9-16/h6-9,15H,4-5,10-11H2,1-3H3. The highest BCUT2D eigenvalue weighted by molar-refractivity contribution is 7.89. The fourth-order valence-electron chi connectivity index (χ4n) is 3.26. The summed E-state index contributed by atoms with van der Waals surface area (Å²) in [5, 5.41) is 4.22. The van der Waals surface area contributed by atoms with E-state index < -0.39 is 10.0 Å². The van der Waals surface area contributed by atoms with E-state index >= 15 is 0 Å². The first kappa shape index (κ1) is 17.9. The third-order valence-electron chi connectivity index (χ3n) is 4.59. The van der Waals surface area contributed by atoms with Gasteiger partial charge in [-0.05, 0) is 51.0 Å². The van der Waals surface area contributed by atoms with Gasteiger partial charge in [-0.1, -0.05) is 0 Å². The minimum Gasteiger partial charge on any atom is -0.492 e. The van der Waals surface area contributed by atoms with Crippen LogP contribution in [0.15, 0.2) is 29.2 Å². The first-order valence-electron chi connectivity index (χ1n) is 8.21. The maximum absolute atomic E-state index is 13.1. The third-order valence-corrected chi connectivity index (χ3v) is 6.79. The zero-order chi connectivity index (χ0) is 18.2. The van der Waals surface area contributed by atoms with Gasteiger partial charge in [-0.15, -0.1) is 0 Å². The lowest BCUT2D eigenvalue weighted by Crippen LogP contribution is -2.39. The van der Waals surface area contributed by atoms with Crippen LogP contribution in [-0.4, -0.2) is 41.7 Å². The summed E-state index contributed by atoms with van der Waals surface area (Å²) in [6.45, 7) is 4.17. The fourth-order valence-corrected chi connectivity index (χ4v) is 5.34. The van der Waals surface area contributed by atoms with Crippen molar-refractivity contribution in [1.29, 1.82) is 0 Å². The van der Waals surface area contributed by atoms with E-state index in [0.717, 1.165) is 12.8 Å². The second kappa shape index (κ2) is 6.76. The molecule has 25 heavy (non-hydrogen) atoms. The van der Waals surface area contributed by atoms with Crippen molar-refractivity contribution >= 4 is 10.0 Å². The Morgan fingerprint density at radius 2 is 1.96 bits per heavy atom. The summed E-state index contributed by atoms with van der Waals surface area (Å²) < 4.78 is 48.0. The summed E-state index contributed by atoms with van der Waals surface area (Å²) in [5.74, 6) is 0.194. The quantitative estimate of drug-likeness (QED) is 0.814. The SMILES string of the molecule is Cc1nn(C)c(C)c1S(=O)(=O)N1CCCC1COc1ccc(F)cc1. The molecule has 1 aromatic carbocycles. The van der Waals surface area contributed by atoms with Crippen molar-refractivity contribution in [3.63, 3.8) is 0 Å². The van der Waals surface area contributed by atoms with Gasteiger partial charge < -0.3 is 4.74 Å². The fraction of sp³-hybridized carbons (Fsp3) is 0.471. The molecule has 1 saturated heterocycles. The number of hydrogen-bond donors (Lipinski definition) is 0. The van der Waals surface area contributed by atoms with Crippen LogP contribution in [0.5, 0.6) is 5.75 Å². The molecule has 6 nitrogen and oxygen atoms in total. The largest absolute Gasteiger partial charge is 0.492 e. The van der Waals surface area contributed by atoms with Crippen LogP contribution in [0, 0.1) is 19.7 Å². The molecule has 3 rings (SSSR count). The molecule has 1 fully saturated rings. The molecule has 1 aliphatic heterocycles. The molecule has 2 heterocycles. The maximum Gasteiger partial charge on any atom is 0.247 e. The number of ether oxygens (including phenoxy) is 1. The average Bonchev–Trinajstić information content (AvgIpc) is 3.12. The van der Waals surface area contributed by atoms with Crippen molar-refractivity contribution in [1.82, 2.24) is 14.1 Å². The lowest BCUT2D eigenvalue weighted by atomic mass is 10.2. The highest BCUT2D eigenvalue weighted by atomic mass is 32.2. The van der Waals surface area contributed by atoms with Crippen LogP contribution in [0.2, 0.25) is 0 Å². The molecule has 0 aliphatic carbocycles. The van der Waals surface area contributed by atoms with E-state index in [4.69, 9.17) is 4.74 Å². The molecule has 1 unspecified atom stereocenters. The first-order chi connectivity index (χ1) is 11.8. The average molecular weight is 367 g/mol. The summed E-state index contributed by atoms with van der Waals surface area (Å²) in [6.07, 6.45) is 1.52. The molecule has 1 aliphatic rings. The van der Waals surface area contributed by atoms with Crippen LogP contribution in [0.1, 0.15) is 24.2 Å². The van der Waals surface area contributed by atoms with Gasteiger partial charge in [0.1, 0.15) is 23.1 Å². The Balaban J connectivity index is 1.79.